The molecule has 0 amide bonds. The number of alkyl halides is 2. The number of carbonyl (C=O) groups excluding carboxylic acids is 2. The van der Waals surface area contributed by atoms with Gasteiger partial charge in [-0.3, -0.25) is 9.59 Å². The first kappa shape index (κ1) is 17.3. The van der Waals surface area contributed by atoms with Gasteiger partial charge in [-0.15, -0.1) is 0 Å². The van der Waals surface area contributed by atoms with E-state index in [9.17, 15) is 9.59 Å². The summed E-state index contributed by atoms with van der Waals surface area (Å²) in [6.45, 7) is 1.38. The van der Waals surface area contributed by atoms with Crippen LogP contribution in [0.1, 0.15) is 25.7 Å². The average Bonchev–Trinajstić information content (AvgIpc) is 3.37. The lowest BCUT2D eigenvalue weighted by atomic mass is 9.79. The quantitative estimate of drug-likeness (QED) is 0.290. The molecule has 142 valence electrons. The lowest BCUT2D eigenvalue weighted by Gasteiger charge is -2.33. The Morgan fingerprint density at radius 1 is 0.577 bits per heavy atom. The zero-order valence-corrected chi connectivity index (χ0v) is 18.8. The van der Waals surface area contributed by atoms with Crippen molar-refractivity contribution in [2.75, 3.05) is 0 Å². The molecule has 6 fully saturated rings. The molecule has 0 aromatic carbocycles. The summed E-state index contributed by atoms with van der Waals surface area (Å²) < 4.78 is 12.6. The van der Waals surface area contributed by atoms with Crippen molar-refractivity contribution < 1.29 is 19.1 Å². The molecule has 6 aliphatic carbocycles. The summed E-state index contributed by atoms with van der Waals surface area (Å²) in [6, 6.07) is 0. The first-order chi connectivity index (χ1) is 12.7. The third-order valence-electron chi connectivity index (χ3n) is 9.45. The highest BCUT2D eigenvalue weighted by Crippen LogP contribution is 2.78. The van der Waals surface area contributed by atoms with Crippen LogP contribution in [0.4, 0.5) is 0 Å². The van der Waals surface area contributed by atoms with Gasteiger partial charge in [-0.2, -0.15) is 0 Å². The Kier molecular flexibility index (Phi) is 3.96. The third-order valence-corrected chi connectivity index (χ3v) is 12.8. The predicted octanol–water partition coefficient (Wildman–Crippen LogP) is 3.48. The van der Waals surface area contributed by atoms with Crippen molar-refractivity contribution in [3.05, 3.63) is 0 Å². The van der Waals surface area contributed by atoms with Crippen LogP contribution >= 0.6 is 45.2 Å². The molecule has 0 aromatic heterocycles. The molecular weight excluding hydrogens is 558 g/mol. The summed E-state index contributed by atoms with van der Waals surface area (Å²) in [5, 5.41) is 0. The van der Waals surface area contributed by atoms with Crippen molar-refractivity contribution in [2.45, 2.75) is 45.7 Å². The molecule has 0 aromatic rings. The molecule has 4 nitrogen and oxygen atoms in total. The van der Waals surface area contributed by atoms with Crippen LogP contribution in [0.5, 0.6) is 0 Å². The Morgan fingerprint density at radius 3 is 1.38 bits per heavy atom. The highest BCUT2D eigenvalue weighted by atomic mass is 127. The number of halogens is 2. The van der Waals surface area contributed by atoms with E-state index in [-0.39, 0.29) is 12.2 Å². The summed E-state index contributed by atoms with van der Waals surface area (Å²) in [4.78, 5) is 22.1. The molecule has 0 radical (unpaired) electrons. The summed E-state index contributed by atoms with van der Waals surface area (Å²) in [6.07, 6.45) is 4.91. The lowest BCUT2D eigenvalue weighted by Crippen LogP contribution is -2.35. The van der Waals surface area contributed by atoms with Gasteiger partial charge in [0.2, 0.25) is 0 Å². The van der Waals surface area contributed by atoms with Gasteiger partial charge in [0.25, 0.3) is 12.9 Å². The Morgan fingerprint density at radius 2 is 1.00 bits per heavy atom. The molecule has 0 unspecified atom stereocenters. The standard InChI is InChI=1S/C20H24I2O4/c21-19-13-7-1-3-9(25-5-23)11(7)17-15(13)16-14(20(17)22)8-2-4-10(26-6-24)12(8)18(16)19/h5-20H,1-4H2/t7-,8-,9-,10+,11+,12-,13+,14-,15-,16-,17+,18+,19-,20-/m1/s1. The molecule has 14 atom stereocenters. The Balaban J connectivity index is 1.40. The molecule has 26 heavy (non-hydrogen) atoms. The van der Waals surface area contributed by atoms with Gasteiger partial charge in [0.1, 0.15) is 12.2 Å². The van der Waals surface area contributed by atoms with Gasteiger partial charge >= 0.3 is 0 Å². The topological polar surface area (TPSA) is 52.6 Å². The largest absolute Gasteiger partial charge is 0.464 e. The van der Waals surface area contributed by atoms with Crippen LogP contribution in [-0.2, 0) is 19.1 Å². The molecule has 6 saturated carbocycles. The SMILES string of the molecule is O=CO[C@H]1CC[C@H]2[C@H]3[C@@H](I)[C@@H]4[C@H]5[C@@H]3[C@@H]([C@H](I)[C@H]5[C@@H]3CC[C@@H](OC=O)[C@H]34)[C@H]21. The molecule has 6 heteroatoms. The smallest absolute Gasteiger partial charge is 0.293 e. The van der Waals surface area contributed by atoms with Gasteiger partial charge in [-0.05, 0) is 73.0 Å². The van der Waals surface area contributed by atoms with E-state index in [1.807, 2.05) is 0 Å². The van der Waals surface area contributed by atoms with E-state index in [1.54, 1.807) is 0 Å². The van der Waals surface area contributed by atoms with Gasteiger partial charge < -0.3 is 9.47 Å². The minimum Gasteiger partial charge on any atom is -0.464 e. The maximum Gasteiger partial charge on any atom is 0.293 e. The van der Waals surface area contributed by atoms with Crippen molar-refractivity contribution in [2.24, 2.45) is 59.2 Å². The molecule has 0 spiro atoms. The molecular formula is C20H24I2O4. The minimum atomic E-state index is 0.164. The second kappa shape index (κ2) is 5.95. The zero-order valence-electron chi connectivity index (χ0n) is 14.5. The maximum atomic E-state index is 11.1. The maximum absolute atomic E-state index is 11.1. The molecule has 0 heterocycles. The van der Waals surface area contributed by atoms with E-state index in [0.717, 1.165) is 60.2 Å². The van der Waals surface area contributed by atoms with E-state index >= 15 is 0 Å². The van der Waals surface area contributed by atoms with Gasteiger partial charge in [0.15, 0.2) is 0 Å². The fraction of sp³-hybridized carbons (Fsp3) is 0.900. The van der Waals surface area contributed by atoms with E-state index in [0.29, 0.717) is 32.6 Å². The lowest BCUT2D eigenvalue weighted by molar-refractivity contribution is -0.137. The van der Waals surface area contributed by atoms with Crippen molar-refractivity contribution in [1.82, 2.24) is 0 Å². The number of hydrogen-bond donors (Lipinski definition) is 0. The Bertz CT molecular complexity index is 589. The van der Waals surface area contributed by atoms with Gasteiger partial charge in [0.05, 0.1) is 0 Å². The third kappa shape index (κ3) is 1.88. The van der Waals surface area contributed by atoms with Crippen molar-refractivity contribution in [3.63, 3.8) is 0 Å². The van der Waals surface area contributed by atoms with Crippen molar-refractivity contribution in [1.29, 1.82) is 0 Å². The van der Waals surface area contributed by atoms with Crippen LogP contribution in [0.15, 0.2) is 0 Å². The van der Waals surface area contributed by atoms with Crippen molar-refractivity contribution >= 4 is 58.1 Å². The highest BCUT2D eigenvalue weighted by Gasteiger charge is 2.77. The van der Waals surface area contributed by atoms with E-state index < -0.39 is 0 Å². The number of fused-ring (bicyclic) bond motifs is 6. The van der Waals surface area contributed by atoms with Crippen molar-refractivity contribution in [3.8, 4) is 0 Å². The average molecular weight is 582 g/mol. The fourth-order valence-electron chi connectivity index (χ4n) is 9.34. The monoisotopic (exact) mass is 582 g/mol. The molecule has 6 rings (SSSR count). The predicted molar refractivity (Wildman–Crippen MR) is 111 cm³/mol. The van der Waals surface area contributed by atoms with Crippen LogP contribution in [0, 0.1) is 59.2 Å². The molecule has 0 bridgehead atoms. The molecule has 6 aliphatic rings. The summed E-state index contributed by atoms with van der Waals surface area (Å²) in [5.41, 5.74) is 0. The summed E-state index contributed by atoms with van der Waals surface area (Å²) in [7, 11) is 0. The zero-order chi connectivity index (χ0) is 17.7. The molecule has 0 aliphatic heterocycles. The van der Waals surface area contributed by atoms with Crippen LogP contribution in [0.3, 0.4) is 0 Å². The second-order valence-electron chi connectivity index (χ2n) is 9.53. The van der Waals surface area contributed by atoms with Crippen LogP contribution in [-0.4, -0.2) is 33.0 Å². The normalized spacial score (nSPS) is 63.5. The van der Waals surface area contributed by atoms with E-state index in [1.165, 1.54) is 12.8 Å². The number of hydrogen-bond acceptors (Lipinski definition) is 4. The summed E-state index contributed by atoms with van der Waals surface area (Å²) >= 11 is 5.53. The fourth-order valence-corrected chi connectivity index (χ4v) is 13.3. The summed E-state index contributed by atoms with van der Waals surface area (Å²) in [5.74, 6) is 7.39. The Labute approximate surface area is 181 Å². The number of rotatable bonds is 4. The van der Waals surface area contributed by atoms with Crippen LogP contribution in [0.2, 0.25) is 0 Å². The van der Waals surface area contributed by atoms with E-state index in [4.69, 9.17) is 9.47 Å². The number of carbonyl (C=O) groups is 2. The molecule has 0 saturated heterocycles. The minimum absolute atomic E-state index is 0.164. The number of ether oxygens (including phenoxy) is 2. The highest BCUT2D eigenvalue weighted by molar-refractivity contribution is 14.1. The van der Waals surface area contributed by atoms with Gasteiger partial charge in [0, 0.05) is 19.7 Å². The first-order valence-corrected chi connectivity index (χ1v) is 12.6. The second-order valence-corrected chi connectivity index (χ2v) is 12.4. The van der Waals surface area contributed by atoms with E-state index in [2.05, 4.69) is 45.2 Å². The Hall–Kier alpha value is 0.400. The van der Waals surface area contributed by atoms with Crippen LogP contribution < -0.4 is 0 Å². The first-order valence-electron chi connectivity index (χ1n) is 10.2. The molecule has 0 N–H and O–H groups in total. The van der Waals surface area contributed by atoms with Gasteiger partial charge in [-0.25, -0.2) is 0 Å². The van der Waals surface area contributed by atoms with Crippen LogP contribution in [0.25, 0.3) is 0 Å². The van der Waals surface area contributed by atoms with Gasteiger partial charge in [-0.1, -0.05) is 45.2 Å².